The second-order valence-electron chi connectivity index (χ2n) is 4.59. The van der Waals surface area contributed by atoms with E-state index >= 15 is 0 Å². The summed E-state index contributed by atoms with van der Waals surface area (Å²) in [6.45, 7) is 6.31. The fourth-order valence-corrected chi connectivity index (χ4v) is 2.97. The highest BCUT2D eigenvalue weighted by molar-refractivity contribution is 6.39. The number of nitrogens with zero attached hydrogens (tertiary/aromatic N) is 1. The van der Waals surface area contributed by atoms with Crippen LogP contribution in [-0.2, 0) is 0 Å². The second kappa shape index (κ2) is 5.47. The molecule has 1 aliphatic heterocycles. The number of hydrogen-bond acceptors (Lipinski definition) is 2. The maximum absolute atomic E-state index is 6.29. The molecule has 94 valence electrons. The molecule has 0 radical (unpaired) electrons. The van der Waals surface area contributed by atoms with Crippen LogP contribution in [0.2, 0.25) is 10.0 Å². The Morgan fingerprint density at radius 1 is 1.35 bits per heavy atom. The van der Waals surface area contributed by atoms with E-state index in [1.54, 1.807) is 0 Å². The van der Waals surface area contributed by atoms with Gasteiger partial charge in [0.2, 0.25) is 0 Å². The fourth-order valence-electron chi connectivity index (χ4n) is 2.36. The minimum atomic E-state index is 0.462. The van der Waals surface area contributed by atoms with Crippen molar-refractivity contribution >= 4 is 28.9 Å². The molecule has 2 rings (SSSR count). The predicted octanol–water partition coefficient (Wildman–Crippen LogP) is 3.57. The van der Waals surface area contributed by atoms with Gasteiger partial charge in [-0.25, -0.2) is 0 Å². The summed E-state index contributed by atoms with van der Waals surface area (Å²) in [6, 6.07) is 6.62. The Hall–Kier alpha value is -0.440. The first-order chi connectivity index (χ1) is 8.13. The first-order valence-electron chi connectivity index (χ1n) is 6.07. The van der Waals surface area contributed by atoms with E-state index in [-0.39, 0.29) is 0 Å². The Morgan fingerprint density at radius 3 is 2.59 bits per heavy atom. The van der Waals surface area contributed by atoms with Crippen LogP contribution in [0.25, 0.3) is 0 Å². The predicted molar refractivity (Wildman–Crippen MR) is 75.4 cm³/mol. The summed E-state index contributed by atoms with van der Waals surface area (Å²) in [5.74, 6) is 0. The topological polar surface area (TPSA) is 15.3 Å². The van der Waals surface area contributed by atoms with Crippen LogP contribution >= 0.6 is 23.2 Å². The molecule has 1 aromatic carbocycles. The third-order valence-corrected chi connectivity index (χ3v) is 3.92. The van der Waals surface area contributed by atoms with Crippen LogP contribution in [-0.4, -0.2) is 25.2 Å². The van der Waals surface area contributed by atoms with Crippen molar-refractivity contribution in [3.8, 4) is 0 Å². The molecule has 2 nitrogen and oxygen atoms in total. The lowest BCUT2D eigenvalue weighted by Gasteiger charge is -2.41. The Morgan fingerprint density at radius 2 is 2.00 bits per heavy atom. The number of hydrogen-bond donors (Lipinski definition) is 1. The van der Waals surface area contributed by atoms with Crippen LogP contribution in [0.15, 0.2) is 18.2 Å². The summed E-state index contributed by atoms with van der Waals surface area (Å²) in [4.78, 5) is 2.34. The maximum atomic E-state index is 6.29. The van der Waals surface area contributed by atoms with E-state index < -0.39 is 0 Å². The molecule has 4 heteroatoms. The van der Waals surface area contributed by atoms with E-state index in [9.17, 15) is 0 Å². The van der Waals surface area contributed by atoms with Crippen molar-refractivity contribution in [2.75, 3.05) is 18.0 Å². The van der Waals surface area contributed by atoms with E-state index in [0.717, 1.165) is 35.2 Å². The largest absolute Gasteiger partial charge is 0.363 e. The normalized spacial score (nSPS) is 25.1. The number of halogens is 2. The lowest BCUT2D eigenvalue weighted by Crippen LogP contribution is -2.55. The standard InChI is InChI=1S/C13H18Cl2N2/c1-3-10-7-16-9(2)8-17(10)13-11(14)5-4-6-12(13)15/h4-6,9-10,16H,3,7-8H2,1-2H3. The first kappa shape index (κ1) is 13.0. The Balaban J connectivity index is 2.35. The van der Waals surface area contributed by atoms with Crippen molar-refractivity contribution < 1.29 is 0 Å². The monoisotopic (exact) mass is 272 g/mol. The van der Waals surface area contributed by atoms with Crippen molar-refractivity contribution in [3.05, 3.63) is 28.2 Å². The molecular weight excluding hydrogens is 255 g/mol. The quantitative estimate of drug-likeness (QED) is 0.886. The number of benzene rings is 1. The molecule has 0 amide bonds. The minimum Gasteiger partial charge on any atom is -0.363 e. The maximum Gasteiger partial charge on any atom is 0.0748 e. The van der Waals surface area contributed by atoms with Gasteiger partial charge in [-0.3, -0.25) is 0 Å². The lowest BCUT2D eigenvalue weighted by molar-refractivity contribution is 0.402. The van der Waals surface area contributed by atoms with E-state index in [1.165, 1.54) is 0 Å². The smallest absolute Gasteiger partial charge is 0.0748 e. The Labute approximate surface area is 113 Å². The highest BCUT2D eigenvalue weighted by atomic mass is 35.5. The summed E-state index contributed by atoms with van der Waals surface area (Å²) in [5, 5.41) is 4.98. The summed E-state index contributed by atoms with van der Waals surface area (Å²) >= 11 is 12.6. The van der Waals surface area contributed by atoms with Gasteiger partial charge in [0.1, 0.15) is 0 Å². The average molecular weight is 273 g/mol. The van der Waals surface area contributed by atoms with Crippen LogP contribution in [0.4, 0.5) is 5.69 Å². The number of nitrogens with one attached hydrogen (secondary N) is 1. The molecular formula is C13H18Cl2N2. The van der Waals surface area contributed by atoms with Gasteiger partial charge in [0, 0.05) is 25.2 Å². The van der Waals surface area contributed by atoms with Crippen LogP contribution < -0.4 is 10.2 Å². The molecule has 0 spiro atoms. The third kappa shape index (κ3) is 2.70. The van der Waals surface area contributed by atoms with Gasteiger partial charge in [0.05, 0.1) is 15.7 Å². The van der Waals surface area contributed by atoms with E-state index in [1.807, 2.05) is 18.2 Å². The van der Waals surface area contributed by atoms with Gasteiger partial charge >= 0.3 is 0 Å². The van der Waals surface area contributed by atoms with Crippen LogP contribution in [0, 0.1) is 0 Å². The molecule has 0 bridgehead atoms. The number of piperazine rings is 1. The van der Waals surface area contributed by atoms with E-state index in [2.05, 4.69) is 24.1 Å². The Kier molecular flexibility index (Phi) is 4.18. The van der Waals surface area contributed by atoms with Crippen LogP contribution in [0.3, 0.4) is 0 Å². The van der Waals surface area contributed by atoms with Gasteiger partial charge in [-0.15, -0.1) is 0 Å². The van der Waals surface area contributed by atoms with Crippen molar-refractivity contribution in [1.29, 1.82) is 0 Å². The number of rotatable bonds is 2. The molecule has 1 heterocycles. The minimum absolute atomic E-state index is 0.462. The highest BCUT2D eigenvalue weighted by Crippen LogP contribution is 2.35. The second-order valence-corrected chi connectivity index (χ2v) is 5.41. The summed E-state index contributed by atoms with van der Waals surface area (Å²) in [6.07, 6.45) is 1.08. The SMILES string of the molecule is CCC1CNC(C)CN1c1c(Cl)cccc1Cl. The zero-order valence-corrected chi connectivity index (χ0v) is 11.7. The first-order valence-corrected chi connectivity index (χ1v) is 6.83. The molecule has 1 aromatic rings. The molecule has 0 aromatic heterocycles. The zero-order chi connectivity index (χ0) is 12.4. The van der Waals surface area contributed by atoms with Crippen molar-refractivity contribution in [1.82, 2.24) is 5.32 Å². The zero-order valence-electron chi connectivity index (χ0n) is 10.2. The highest BCUT2D eigenvalue weighted by Gasteiger charge is 2.27. The molecule has 2 unspecified atom stereocenters. The molecule has 1 saturated heterocycles. The fraction of sp³-hybridized carbons (Fsp3) is 0.538. The molecule has 1 fully saturated rings. The van der Waals surface area contributed by atoms with Gasteiger partial charge in [-0.05, 0) is 25.5 Å². The van der Waals surface area contributed by atoms with Crippen molar-refractivity contribution in [3.63, 3.8) is 0 Å². The van der Waals surface area contributed by atoms with Gasteiger partial charge < -0.3 is 10.2 Å². The number of anilines is 1. The number of para-hydroxylation sites is 1. The van der Waals surface area contributed by atoms with Gasteiger partial charge in [0.15, 0.2) is 0 Å². The van der Waals surface area contributed by atoms with E-state index in [0.29, 0.717) is 12.1 Å². The molecule has 0 aliphatic carbocycles. The third-order valence-electron chi connectivity index (χ3n) is 3.31. The van der Waals surface area contributed by atoms with Gasteiger partial charge in [-0.1, -0.05) is 36.2 Å². The average Bonchev–Trinajstić information content (AvgIpc) is 2.29. The molecule has 0 saturated carbocycles. The summed E-state index contributed by atoms with van der Waals surface area (Å²) in [7, 11) is 0. The van der Waals surface area contributed by atoms with Gasteiger partial charge in [0.25, 0.3) is 0 Å². The van der Waals surface area contributed by atoms with Crippen molar-refractivity contribution in [2.45, 2.75) is 32.4 Å². The van der Waals surface area contributed by atoms with E-state index in [4.69, 9.17) is 23.2 Å². The molecule has 1 N–H and O–H groups in total. The lowest BCUT2D eigenvalue weighted by atomic mass is 10.1. The summed E-state index contributed by atoms with van der Waals surface area (Å²) < 4.78 is 0. The van der Waals surface area contributed by atoms with Crippen LogP contribution in [0.1, 0.15) is 20.3 Å². The molecule has 1 aliphatic rings. The van der Waals surface area contributed by atoms with Crippen LogP contribution in [0.5, 0.6) is 0 Å². The summed E-state index contributed by atoms with van der Waals surface area (Å²) in [5.41, 5.74) is 0.982. The molecule has 17 heavy (non-hydrogen) atoms. The Bertz CT molecular complexity index is 375. The molecule has 2 atom stereocenters. The van der Waals surface area contributed by atoms with Crippen molar-refractivity contribution in [2.24, 2.45) is 0 Å². The van der Waals surface area contributed by atoms with Gasteiger partial charge in [-0.2, -0.15) is 0 Å².